The van der Waals surface area contributed by atoms with Crippen LogP contribution in [0, 0.1) is 0 Å². The second-order valence-corrected chi connectivity index (χ2v) is 8.02. The van der Waals surface area contributed by atoms with E-state index in [-0.39, 0.29) is 5.95 Å². The average Bonchev–Trinajstić information content (AvgIpc) is 3.29. The lowest BCUT2D eigenvalue weighted by atomic mass is 10.1. The lowest BCUT2D eigenvalue weighted by Gasteiger charge is -2.16. The van der Waals surface area contributed by atoms with Crippen LogP contribution in [0.5, 0.6) is 11.5 Å². The quantitative estimate of drug-likeness (QED) is 0.348. The Labute approximate surface area is 206 Å². The maximum atomic E-state index is 6.63. The molecular weight excluding hydrogens is 481 g/mol. The van der Waals surface area contributed by atoms with Gasteiger partial charge in [-0.3, -0.25) is 4.68 Å². The Morgan fingerprint density at radius 1 is 1.03 bits per heavy atom. The SMILES string of the molecule is COCCn1cc(CNc2nc(-c3c(Cl)c(OC)cc(OC)c3Cl)cc3cnc(N)nc23)cn1. The van der Waals surface area contributed by atoms with Crippen molar-refractivity contribution in [1.82, 2.24) is 24.7 Å². The molecule has 1 aromatic carbocycles. The third kappa shape index (κ3) is 4.79. The second-order valence-electron chi connectivity index (χ2n) is 7.26. The number of ether oxygens (including phenoxy) is 3. The number of nitrogens with two attached hydrogens (primary N) is 1. The van der Waals surface area contributed by atoms with Crippen LogP contribution in [0.15, 0.2) is 30.7 Å². The first-order valence-electron chi connectivity index (χ1n) is 10.2. The van der Waals surface area contributed by atoms with Crippen LogP contribution in [0.4, 0.5) is 11.8 Å². The van der Waals surface area contributed by atoms with E-state index in [1.165, 1.54) is 14.2 Å². The normalized spacial score (nSPS) is 11.1. The molecule has 0 saturated carbocycles. The summed E-state index contributed by atoms with van der Waals surface area (Å²) in [5.41, 5.74) is 8.32. The van der Waals surface area contributed by atoms with Crippen LogP contribution >= 0.6 is 23.2 Å². The standard InChI is InChI=1S/C22H23Cl2N7O3/c1-32-5-4-31-11-12(9-28-31)8-26-21-20-13(10-27-22(25)30-20)6-14(29-21)17-18(23)15(33-2)7-16(34-3)19(17)24/h6-7,9-11H,4-5,8H2,1-3H3,(H,26,29)(H2,25,27,30). The molecule has 0 radical (unpaired) electrons. The molecule has 34 heavy (non-hydrogen) atoms. The number of nitrogens with zero attached hydrogens (tertiary/aromatic N) is 5. The number of methoxy groups -OCH3 is 3. The highest BCUT2D eigenvalue weighted by Crippen LogP contribution is 2.46. The fourth-order valence-electron chi connectivity index (χ4n) is 3.41. The Morgan fingerprint density at radius 2 is 1.76 bits per heavy atom. The molecule has 0 fully saturated rings. The molecule has 0 atom stereocenters. The van der Waals surface area contributed by atoms with E-state index in [1.807, 2.05) is 10.9 Å². The van der Waals surface area contributed by atoms with Gasteiger partial charge in [-0.1, -0.05) is 23.2 Å². The van der Waals surface area contributed by atoms with Gasteiger partial charge in [0.15, 0.2) is 5.82 Å². The van der Waals surface area contributed by atoms with Gasteiger partial charge in [-0.15, -0.1) is 0 Å². The van der Waals surface area contributed by atoms with E-state index in [0.717, 1.165) is 5.56 Å². The van der Waals surface area contributed by atoms with Gasteiger partial charge in [0.2, 0.25) is 5.95 Å². The molecule has 178 valence electrons. The Morgan fingerprint density at radius 3 is 2.44 bits per heavy atom. The number of halogens is 2. The third-order valence-electron chi connectivity index (χ3n) is 5.09. The van der Waals surface area contributed by atoms with Crippen LogP contribution in [0.3, 0.4) is 0 Å². The molecule has 0 unspecified atom stereocenters. The van der Waals surface area contributed by atoms with Crippen molar-refractivity contribution in [1.29, 1.82) is 0 Å². The first-order chi connectivity index (χ1) is 16.4. The van der Waals surface area contributed by atoms with Crippen LogP contribution in [0.25, 0.3) is 22.2 Å². The molecular formula is C22H23Cl2N7O3. The average molecular weight is 504 g/mol. The van der Waals surface area contributed by atoms with Crippen molar-refractivity contribution in [2.75, 3.05) is 39.0 Å². The topological polar surface area (TPSA) is 122 Å². The fourth-order valence-corrected chi connectivity index (χ4v) is 4.10. The van der Waals surface area contributed by atoms with Crippen molar-refractivity contribution in [3.63, 3.8) is 0 Å². The van der Waals surface area contributed by atoms with E-state index in [0.29, 0.717) is 69.2 Å². The molecule has 3 aromatic heterocycles. The maximum Gasteiger partial charge on any atom is 0.220 e. The smallest absolute Gasteiger partial charge is 0.220 e. The van der Waals surface area contributed by atoms with Gasteiger partial charge >= 0.3 is 0 Å². The van der Waals surface area contributed by atoms with Crippen molar-refractivity contribution < 1.29 is 14.2 Å². The minimum atomic E-state index is 0.136. The summed E-state index contributed by atoms with van der Waals surface area (Å²) in [6, 6.07) is 3.41. The highest BCUT2D eigenvalue weighted by atomic mass is 35.5. The Bertz CT molecular complexity index is 1300. The molecule has 0 amide bonds. The summed E-state index contributed by atoms with van der Waals surface area (Å²) in [5, 5.41) is 8.97. The van der Waals surface area contributed by atoms with Gasteiger partial charge in [0, 0.05) is 48.6 Å². The minimum absolute atomic E-state index is 0.136. The number of rotatable bonds is 9. The highest BCUT2D eigenvalue weighted by molar-refractivity contribution is 6.41. The summed E-state index contributed by atoms with van der Waals surface area (Å²) in [6.45, 7) is 1.68. The van der Waals surface area contributed by atoms with E-state index in [9.17, 15) is 0 Å². The van der Waals surface area contributed by atoms with Crippen molar-refractivity contribution >= 4 is 45.9 Å². The van der Waals surface area contributed by atoms with Crippen LogP contribution in [-0.4, -0.2) is 52.7 Å². The minimum Gasteiger partial charge on any atom is -0.495 e. The summed E-state index contributed by atoms with van der Waals surface area (Å²) in [7, 11) is 4.69. The highest BCUT2D eigenvalue weighted by Gasteiger charge is 2.21. The van der Waals surface area contributed by atoms with Gasteiger partial charge in [-0.2, -0.15) is 5.10 Å². The molecule has 0 aliphatic rings. The molecule has 10 nitrogen and oxygen atoms in total. The number of nitrogen functional groups attached to an aromatic ring is 1. The first kappa shape index (κ1) is 23.8. The van der Waals surface area contributed by atoms with Gasteiger partial charge in [0.1, 0.15) is 17.0 Å². The van der Waals surface area contributed by atoms with Gasteiger partial charge < -0.3 is 25.3 Å². The van der Waals surface area contributed by atoms with E-state index in [4.69, 9.17) is 48.1 Å². The predicted molar refractivity (Wildman–Crippen MR) is 132 cm³/mol. The molecule has 4 aromatic rings. The Balaban J connectivity index is 1.78. The van der Waals surface area contributed by atoms with Crippen molar-refractivity contribution in [2.24, 2.45) is 0 Å². The van der Waals surface area contributed by atoms with Gasteiger partial charge in [0.25, 0.3) is 0 Å². The van der Waals surface area contributed by atoms with Crippen LogP contribution < -0.4 is 20.5 Å². The fraction of sp³-hybridized carbons (Fsp3) is 0.273. The third-order valence-corrected chi connectivity index (χ3v) is 5.84. The van der Waals surface area contributed by atoms with E-state index in [1.54, 1.807) is 31.6 Å². The molecule has 0 aliphatic carbocycles. The number of nitrogens with one attached hydrogen (secondary N) is 1. The predicted octanol–water partition coefficient (Wildman–Crippen LogP) is 4.05. The largest absolute Gasteiger partial charge is 0.495 e. The number of fused-ring (bicyclic) bond motifs is 1. The molecule has 0 aliphatic heterocycles. The molecule has 12 heteroatoms. The van der Waals surface area contributed by atoms with Crippen LogP contribution in [0.1, 0.15) is 5.56 Å². The van der Waals surface area contributed by atoms with E-state index < -0.39 is 0 Å². The Kier molecular flexibility index (Phi) is 7.20. The zero-order valence-electron chi connectivity index (χ0n) is 18.8. The molecule has 4 rings (SSSR count). The van der Waals surface area contributed by atoms with Crippen molar-refractivity contribution in [3.8, 4) is 22.8 Å². The number of benzene rings is 1. The second kappa shape index (κ2) is 10.3. The number of pyridine rings is 1. The lowest BCUT2D eigenvalue weighted by Crippen LogP contribution is -2.06. The van der Waals surface area contributed by atoms with Crippen molar-refractivity contribution in [3.05, 3.63) is 46.3 Å². The van der Waals surface area contributed by atoms with Crippen molar-refractivity contribution in [2.45, 2.75) is 13.1 Å². The summed E-state index contributed by atoms with van der Waals surface area (Å²) in [6.07, 6.45) is 5.33. The number of hydrogen-bond donors (Lipinski definition) is 2. The molecule has 0 bridgehead atoms. The van der Waals surface area contributed by atoms with Gasteiger partial charge in [0.05, 0.1) is 49.3 Å². The lowest BCUT2D eigenvalue weighted by molar-refractivity contribution is 0.183. The number of aromatic nitrogens is 5. The zero-order valence-corrected chi connectivity index (χ0v) is 20.3. The van der Waals surface area contributed by atoms with E-state index >= 15 is 0 Å². The Hall–Kier alpha value is -3.34. The van der Waals surface area contributed by atoms with Gasteiger partial charge in [-0.25, -0.2) is 15.0 Å². The molecule has 3 heterocycles. The van der Waals surface area contributed by atoms with Crippen LogP contribution in [-0.2, 0) is 17.8 Å². The molecule has 3 N–H and O–H groups in total. The summed E-state index contributed by atoms with van der Waals surface area (Å²) in [5.74, 6) is 1.44. The zero-order chi connectivity index (χ0) is 24.2. The molecule has 0 spiro atoms. The summed E-state index contributed by atoms with van der Waals surface area (Å²) in [4.78, 5) is 13.3. The van der Waals surface area contributed by atoms with Gasteiger partial charge in [-0.05, 0) is 6.07 Å². The monoisotopic (exact) mass is 503 g/mol. The first-order valence-corrected chi connectivity index (χ1v) is 11.0. The van der Waals surface area contributed by atoms with Crippen LogP contribution in [0.2, 0.25) is 10.0 Å². The molecule has 0 saturated heterocycles. The summed E-state index contributed by atoms with van der Waals surface area (Å²) < 4.78 is 17.7. The van der Waals surface area contributed by atoms with E-state index in [2.05, 4.69) is 20.4 Å². The number of anilines is 2. The number of hydrogen-bond acceptors (Lipinski definition) is 9. The maximum absolute atomic E-state index is 6.63. The summed E-state index contributed by atoms with van der Waals surface area (Å²) >= 11 is 13.3.